The van der Waals surface area contributed by atoms with Crippen LogP contribution in [0.15, 0.2) is 48.5 Å². The standard InChI is InChI=1S/C42H53NSi2/c1-27(2)44(28(3)4,29(5)6)18-16-34-14-15-35(17-19-45(30(7)8,31(9)10)32(11)12)42-25-39-22-37-23-40(26-43)33(13)20-36(37)21-38(39)24-41(34)42/h14-15,20-25,27-32H,1-13H3. The van der Waals surface area contributed by atoms with Gasteiger partial charge in [0.15, 0.2) is 0 Å². The van der Waals surface area contributed by atoms with Crippen LogP contribution in [0.2, 0.25) is 33.2 Å². The molecule has 4 rings (SSSR count). The second-order valence-electron chi connectivity index (χ2n) is 15.2. The van der Waals surface area contributed by atoms with Crippen molar-refractivity contribution in [2.75, 3.05) is 0 Å². The van der Waals surface area contributed by atoms with Gasteiger partial charge in [-0.2, -0.15) is 5.26 Å². The number of hydrogen-bond donors (Lipinski definition) is 0. The monoisotopic (exact) mass is 627 g/mol. The Bertz CT molecular complexity index is 1870. The molecule has 0 unspecified atom stereocenters. The van der Waals surface area contributed by atoms with E-state index in [1.807, 2.05) is 13.0 Å². The molecular formula is C42H53NSi2. The predicted octanol–water partition coefficient (Wildman–Crippen LogP) is 12.5. The SMILES string of the molecule is Cc1cc2cc3cc4c(C#C[Si](C(C)C)(C(C)C)C(C)C)ccc(C#C[Si](C(C)C)(C(C)C)C(C)C)c4cc3cc2cc1C#N. The van der Waals surface area contributed by atoms with E-state index >= 15 is 0 Å². The van der Waals surface area contributed by atoms with Crippen LogP contribution in [-0.2, 0) is 0 Å². The molecule has 1 nitrogen and oxygen atoms in total. The van der Waals surface area contributed by atoms with Gasteiger partial charge >= 0.3 is 0 Å². The number of benzene rings is 4. The van der Waals surface area contributed by atoms with E-state index in [0.717, 1.165) is 33.0 Å². The largest absolute Gasteiger partial charge is 0.192 e. The van der Waals surface area contributed by atoms with Gasteiger partial charge in [0.25, 0.3) is 0 Å². The van der Waals surface area contributed by atoms with E-state index in [1.165, 1.54) is 21.5 Å². The summed E-state index contributed by atoms with van der Waals surface area (Å²) >= 11 is 0. The van der Waals surface area contributed by atoms with Gasteiger partial charge in [-0.15, -0.1) is 11.1 Å². The second kappa shape index (κ2) is 13.2. The fourth-order valence-electron chi connectivity index (χ4n) is 8.56. The lowest BCUT2D eigenvalue weighted by Gasteiger charge is -2.38. The number of rotatable bonds is 6. The first kappa shape index (κ1) is 34.6. The molecule has 3 heteroatoms. The van der Waals surface area contributed by atoms with Crippen LogP contribution in [0.4, 0.5) is 0 Å². The lowest BCUT2D eigenvalue weighted by molar-refractivity contribution is 0.838. The molecule has 0 aliphatic rings. The van der Waals surface area contributed by atoms with Crippen LogP contribution in [0, 0.1) is 41.2 Å². The number of hydrogen-bond acceptors (Lipinski definition) is 1. The lowest BCUT2D eigenvalue weighted by atomic mass is 9.94. The highest BCUT2D eigenvalue weighted by atomic mass is 28.3. The Labute approximate surface area is 275 Å². The molecule has 0 saturated carbocycles. The zero-order chi connectivity index (χ0) is 33.4. The van der Waals surface area contributed by atoms with E-state index < -0.39 is 16.1 Å². The first-order valence-electron chi connectivity index (χ1n) is 17.0. The van der Waals surface area contributed by atoms with Gasteiger partial charge in [-0.25, -0.2) is 0 Å². The summed E-state index contributed by atoms with van der Waals surface area (Å²) in [5, 5.41) is 16.7. The van der Waals surface area contributed by atoms with Gasteiger partial charge in [0.05, 0.1) is 11.6 Å². The molecule has 0 N–H and O–H groups in total. The number of nitriles is 1. The molecule has 234 valence electrons. The Morgan fingerprint density at radius 3 is 1.13 bits per heavy atom. The molecule has 0 aliphatic carbocycles. The number of aryl methyl sites for hydroxylation is 1. The van der Waals surface area contributed by atoms with Crippen molar-refractivity contribution in [1.82, 2.24) is 0 Å². The Kier molecular flexibility index (Phi) is 10.1. The molecule has 0 aromatic heterocycles. The highest BCUT2D eigenvalue weighted by Crippen LogP contribution is 2.42. The molecule has 0 amide bonds. The molecular weight excluding hydrogens is 575 g/mol. The van der Waals surface area contributed by atoms with Crippen LogP contribution >= 0.6 is 0 Å². The third kappa shape index (κ3) is 6.13. The maximum Gasteiger partial charge on any atom is 0.146 e. The second-order valence-corrected chi connectivity index (χ2v) is 26.3. The van der Waals surface area contributed by atoms with Crippen molar-refractivity contribution >= 4 is 48.5 Å². The van der Waals surface area contributed by atoms with Crippen molar-refractivity contribution in [3.8, 4) is 29.0 Å². The van der Waals surface area contributed by atoms with Crippen molar-refractivity contribution in [1.29, 1.82) is 5.26 Å². The van der Waals surface area contributed by atoms with Gasteiger partial charge in [0, 0.05) is 11.1 Å². The summed E-state index contributed by atoms with van der Waals surface area (Å²) in [4.78, 5) is 0. The quantitative estimate of drug-likeness (QED) is 0.118. The molecule has 0 bridgehead atoms. The highest BCUT2D eigenvalue weighted by Gasteiger charge is 2.42. The van der Waals surface area contributed by atoms with Crippen LogP contribution in [0.3, 0.4) is 0 Å². The normalized spacial score (nSPS) is 12.5. The highest BCUT2D eigenvalue weighted by molar-refractivity contribution is 6.91. The van der Waals surface area contributed by atoms with Crippen molar-refractivity contribution < 1.29 is 0 Å². The smallest absolute Gasteiger partial charge is 0.146 e. The molecule has 0 spiro atoms. The Balaban J connectivity index is 2.10. The topological polar surface area (TPSA) is 23.8 Å². The van der Waals surface area contributed by atoms with Crippen LogP contribution in [0.25, 0.3) is 32.3 Å². The van der Waals surface area contributed by atoms with Gasteiger partial charge in [0.1, 0.15) is 16.1 Å². The molecule has 0 aliphatic heterocycles. The number of fused-ring (bicyclic) bond motifs is 3. The van der Waals surface area contributed by atoms with Gasteiger partial charge in [0.2, 0.25) is 0 Å². The van der Waals surface area contributed by atoms with Gasteiger partial charge in [-0.1, -0.05) is 101 Å². The summed E-state index contributed by atoms with van der Waals surface area (Å²) < 4.78 is 0. The number of nitrogens with zero attached hydrogens (tertiary/aromatic N) is 1. The zero-order valence-electron chi connectivity index (χ0n) is 30.0. The molecule has 0 atom stereocenters. The molecule has 45 heavy (non-hydrogen) atoms. The fraction of sp³-hybridized carbons (Fsp3) is 0.452. The average Bonchev–Trinajstić information content (AvgIpc) is 2.95. The van der Waals surface area contributed by atoms with Crippen molar-refractivity contribution in [3.05, 3.63) is 70.8 Å². The van der Waals surface area contributed by atoms with Crippen molar-refractivity contribution in [3.63, 3.8) is 0 Å². The van der Waals surface area contributed by atoms with Crippen molar-refractivity contribution in [2.45, 2.75) is 123 Å². The summed E-state index contributed by atoms with van der Waals surface area (Å²) in [6, 6.07) is 20.2. The molecule has 4 aromatic rings. The Morgan fingerprint density at radius 1 is 0.467 bits per heavy atom. The molecule has 0 fully saturated rings. The molecule has 0 saturated heterocycles. The Hall–Kier alpha value is -3.30. The maximum absolute atomic E-state index is 9.68. The van der Waals surface area contributed by atoms with Gasteiger partial charge in [-0.3, -0.25) is 0 Å². The summed E-state index contributed by atoms with van der Waals surface area (Å²) in [5.74, 6) is 7.57. The zero-order valence-corrected chi connectivity index (χ0v) is 32.0. The molecule has 0 heterocycles. The predicted molar refractivity (Wildman–Crippen MR) is 204 cm³/mol. The van der Waals surface area contributed by atoms with Crippen LogP contribution in [-0.4, -0.2) is 16.1 Å². The first-order chi connectivity index (χ1) is 21.1. The maximum atomic E-state index is 9.68. The van der Waals surface area contributed by atoms with E-state index in [-0.39, 0.29) is 0 Å². The summed E-state index contributed by atoms with van der Waals surface area (Å²) in [5.41, 5.74) is 15.4. The minimum Gasteiger partial charge on any atom is -0.192 e. The van der Waals surface area contributed by atoms with E-state index in [4.69, 9.17) is 0 Å². The summed E-state index contributed by atoms with van der Waals surface area (Å²) in [7, 11) is -3.81. The summed E-state index contributed by atoms with van der Waals surface area (Å²) in [6.45, 7) is 30.6. The summed E-state index contributed by atoms with van der Waals surface area (Å²) in [6.07, 6.45) is 0. The van der Waals surface area contributed by atoms with Crippen molar-refractivity contribution in [2.24, 2.45) is 0 Å². The Morgan fingerprint density at radius 2 is 0.800 bits per heavy atom. The minimum atomic E-state index is -1.91. The minimum absolute atomic E-state index is 0.576. The average molecular weight is 628 g/mol. The third-order valence-corrected chi connectivity index (χ3v) is 23.5. The van der Waals surface area contributed by atoms with E-state index in [1.54, 1.807) is 0 Å². The van der Waals surface area contributed by atoms with E-state index in [9.17, 15) is 5.26 Å². The third-order valence-electron chi connectivity index (χ3n) is 11.0. The fourth-order valence-corrected chi connectivity index (χ4v) is 19.0. The van der Waals surface area contributed by atoms with E-state index in [0.29, 0.717) is 33.2 Å². The van der Waals surface area contributed by atoms with Crippen LogP contribution in [0.1, 0.15) is 105 Å². The van der Waals surface area contributed by atoms with Gasteiger partial charge < -0.3 is 0 Å². The lowest BCUT2D eigenvalue weighted by Crippen LogP contribution is -2.43. The van der Waals surface area contributed by atoms with Crippen LogP contribution in [0.5, 0.6) is 0 Å². The van der Waals surface area contributed by atoms with Gasteiger partial charge in [-0.05, 0) is 121 Å². The molecule has 4 aromatic carbocycles. The first-order valence-corrected chi connectivity index (χ1v) is 21.5. The molecule has 0 radical (unpaired) electrons. The van der Waals surface area contributed by atoms with Crippen LogP contribution < -0.4 is 0 Å². The van der Waals surface area contributed by atoms with E-state index in [2.05, 4.69) is 155 Å².